The van der Waals surface area contributed by atoms with Crippen LogP contribution in [0.3, 0.4) is 0 Å². The van der Waals surface area contributed by atoms with Crippen molar-refractivity contribution < 1.29 is 4.79 Å². The summed E-state index contributed by atoms with van der Waals surface area (Å²) >= 11 is 0. The van der Waals surface area contributed by atoms with Gasteiger partial charge in [-0.2, -0.15) is 5.10 Å². The molecule has 1 heterocycles. The molecule has 2 rings (SSSR count). The van der Waals surface area contributed by atoms with Gasteiger partial charge in [-0.3, -0.25) is 9.48 Å². The minimum absolute atomic E-state index is 0.169. The van der Waals surface area contributed by atoms with Gasteiger partial charge in [-0.1, -0.05) is 33.1 Å². The first-order valence-corrected chi connectivity index (χ1v) is 9.63. The first kappa shape index (κ1) is 19.8. The lowest BCUT2D eigenvalue weighted by molar-refractivity contribution is -0.121. The van der Waals surface area contributed by atoms with E-state index in [1.807, 2.05) is 25.8 Å². The van der Waals surface area contributed by atoms with Crippen molar-refractivity contribution in [2.24, 2.45) is 7.05 Å². The second kappa shape index (κ2) is 9.22. The van der Waals surface area contributed by atoms with Crippen LogP contribution in [-0.4, -0.2) is 42.4 Å². The molecule has 0 unspecified atom stereocenters. The number of hydrogen-bond acceptors (Lipinski definition) is 4. The highest BCUT2D eigenvalue weighted by Gasteiger charge is 2.20. The molecule has 0 spiro atoms. The van der Waals surface area contributed by atoms with Crippen LogP contribution in [0.2, 0.25) is 0 Å². The minimum Gasteiger partial charge on any atom is -0.363 e. The van der Waals surface area contributed by atoms with Gasteiger partial charge < -0.3 is 15.5 Å². The molecule has 25 heavy (non-hydrogen) atoms. The van der Waals surface area contributed by atoms with Crippen molar-refractivity contribution in [2.45, 2.75) is 70.9 Å². The first-order chi connectivity index (χ1) is 11.9. The summed E-state index contributed by atoms with van der Waals surface area (Å²) in [6.45, 7) is 5.77. The van der Waals surface area contributed by atoms with E-state index >= 15 is 0 Å². The smallest absolute Gasteiger partial charge is 0.221 e. The predicted octanol–water partition coefficient (Wildman–Crippen LogP) is 2.54. The van der Waals surface area contributed by atoms with Gasteiger partial charge in [0.1, 0.15) is 5.82 Å². The van der Waals surface area contributed by atoms with Gasteiger partial charge in [0.15, 0.2) is 0 Å². The molecular formula is C19H35N5O. The van der Waals surface area contributed by atoms with E-state index in [1.165, 1.54) is 24.8 Å². The third kappa shape index (κ3) is 5.46. The Kier molecular flexibility index (Phi) is 7.29. The van der Waals surface area contributed by atoms with Gasteiger partial charge in [-0.05, 0) is 18.8 Å². The summed E-state index contributed by atoms with van der Waals surface area (Å²) in [5.74, 6) is 1.68. The molecule has 0 saturated heterocycles. The van der Waals surface area contributed by atoms with Crippen LogP contribution < -0.4 is 15.5 Å². The summed E-state index contributed by atoms with van der Waals surface area (Å²) in [5.41, 5.74) is 2.36. The molecule has 1 saturated carbocycles. The second-order valence-electron chi connectivity index (χ2n) is 7.69. The summed E-state index contributed by atoms with van der Waals surface area (Å²) < 4.78 is 1.95. The van der Waals surface area contributed by atoms with Crippen LogP contribution in [0.25, 0.3) is 0 Å². The van der Waals surface area contributed by atoms with Crippen LogP contribution in [0.5, 0.6) is 0 Å². The maximum Gasteiger partial charge on any atom is 0.221 e. The highest BCUT2D eigenvalue weighted by molar-refractivity contribution is 5.76. The molecule has 6 nitrogen and oxygen atoms in total. The van der Waals surface area contributed by atoms with E-state index in [0.29, 0.717) is 24.9 Å². The van der Waals surface area contributed by atoms with Crippen molar-refractivity contribution in [3.8, 4) is 0 Å². The van der Waals surface area contributed by atoms with E-state index in [4.69, 9.17) is 0 Å². The van der Waals surface area contributed by atoms with Crippen LogP contribution in [0.1, 0.15) is 69.5 Å². The molecule has 1 aromatic heterocycles. The van der Waals surface area contributed by atoms with E-state index < -0.39 is 0 Å². The molecule has 1 aliphatic carbocycles. The summed E-state index contributed by atoms with van der Waals surface area (Å²) in [7, 11) is 6.08. The monoisotopic (exact) mass is 349 g/mol. The molecular weight excluding hydrogens is 314 g/mol. The first-order valence-electron chi connectivity index (χ1n) is 9.63. The van der Waals surface area contributed by atoms with Gasteiger partial charge in [0, 0.05) is 52.3 Å². The quantitative estimate of drug-likeness (QED) is 0.708. The number of nitrogens with one attached hydrogen (secondary N) is 2. The fourth-order valence-electron chi connectivity index (χ4n) is 3.73. The number of amides is 1. The zero-order valence-corrected chi connectivity index (χ0v) is 16.6. The molecule has 0 aromatic carbocycles. The minimum atomic E-state index is 0.169. The summed E-state index contributed by atoms with van der Waals surface area (Å²) in [6.07, 6.45) is 6.61. The molecule has 1 aliphatic rings. The Balaban J connectivity index is 1.83. The van der Waals surface area contributed by atoms with Gasteiger partial charge in [-0.15, -0.1) is 0 Å². The van der Waals surface area contributed by atoms with E-state index in [9.17, 15) is 4.79 Å². The number of hydrogen-bond donors (Lipinski definition) is 2. The third-order valence-electron chi connectivity index (χ3n) is 4.91. The Bertz CT molecular complexity index is 558. The van der Waals surface area contributed by atoms with Gasteiger partial charge in [0.05, 0.1) is 5.69 Å². The fraction of sp³-hybridized carbons (Fsp3) is 0.789. The Hall–Kier alpha value is -1.56. The van der Waals surface area contributed by atoms with Crippen molar-refractivity contribution in [3.05, 3.63) is 11.3 Å². The summed E-state index contributed by atoms with van der Waals surface area (Å²) in [5, 5.41) is 11.3. The van der Waals surface area contributed by atoms with Crippen molar-refractivity contribution in [1.82, 2.24) is 20.4 Å². The number of anilines is 1. The van der Waals surface area contributed by atoms with Crippen LogP contribution >= 0.6 is 0 Å². The summed E-state index contributed by atoms with van der Waals surface area (Å²) in [4.78, 5) is 14.2. The molecule has 0 radical (unpaired) electrons. The van der Waals surface area contributed by atoms with Crippen molar-refractivity contribution >= 4 is 11.7 Å². The van der Waals surface area contributed by atoms with Gasteiger partial charge in [0.25, 0.3) is 0 Å². The number of aromatic nitrogens is 2. The second-order valence-corrected chi connectivity index (χ2v) is 7.69. The number of carbonyl (C=O) groups excluding carboxylic acids is 1. The molecule has 2 N–H and O–H groups in total. The lowest BCUT2D eigenvalue weighted by atomic mass is 9.95. The van der Waals surface area contributed by atoms with E-state index in [-0.39, 0.29) is 5.91 Å². The molecule has 1 fully saturated rings. The van der Waals surface area contributed by atoms with E-state index in [2.05, 4.69) is 34.5 Å². The van der Waals surface area contributed by atoms with E-state index in [0.717, 1.165) is 30.9 Å². The highest BCUT2D eigenvalue weighted by Crippen LogP contribution is 2.27. The highest BCUT2D eigenvalue weighted by atomic mass is 16.1. The lowest BCUT2D eigenvalue weighted by Gasteiger charge is -2.22. The average molecular weight is 350 g/mol. The number of nitrogens with zero attached hydrogens (tertiary/aromatic N) is 3. The summed E-state index contributed by atoms with van der Waals surface area (Å²) in [6, 6.07) is 0.396. The SMILES string of the molecule is CC(C)c1nn(C)c(N(C)C)c1CNCCC(=O)NC1CCCCC1. The van der Waals surface area contributed by atoms with Crippen LogP contribution in [-0.2, 0) is 18.4 Å². The van der Waals surface area contributed by atoms with Gasteiger partial charge >= 0.3 is 0 Å². The Morgan fingerprint density at radius 3 is 2.56 bits per heavy atom. The van der Waals surface area contributed by atoms with Crippen LogP contribution in [0.15, 0.2) is 0 Å². The Labute approximate surface area is 152 Å². The zero-order valence-electron chi connectivity index (χ0n) is 16.6. The largest absolute Gasteiger partial charge is 0.363 e. The average Bonchev–Trinajstić information content (AvgIpc) is 2.89. The maximum absolute atomic E-state index is 12.1. The van der Waals surface area contributed by atoms with Crippen molar-refractivity contribution in [1.29, 1.82) is 0 Å². The third-order valence-corrected chi connectivity index (χ3v) is 4.91. The molecule has 1 amide bonds. The molecule has 0 atom stereocenters. The van der Waals surface area contributed by atoms with Crippen LogP contribution in [0.4, 0.5) is 5.82 Å². The molecule has 142 valence electrons. The zero-order chi connectivity index (χ0) is 18.4. The normalized spacial score (nSPS) is 15.6. The fourth-order valence-corrected chi connectivity index (χ4v) is 3.73. The molecule has 0 aliphatic heterocycles. The number of carbonyl (C=O) groups is 1. The van der Waals surface area contributed by atoms with Crippen LogP contribution in [0, 0.1) is 0 Å². The number of aryl methyl sites for hydroxylation is 1. The van der Waals surface area contributed by atoms with Gasteiger partial charge in [0.2, 0.25) is 5.91 Å². The maximum atomic E-state index is 12.1. The molecule has 1 aromatic rings. The topological polar surface area (TPSA) is 62.2 Å². The Morgan fingerprint density at radius 2 is 1.96 bits per heavy atom. The lowest BCUT2D eigenvalue weighted by Crippen LogP contribution is -2.37. The van der Waals surface area contributed by atoms with Crippen molar-refractivity contribution in [3.63, 3.8) is 0 Å². The standard InChI is InChI=1S/C19H35N5O/c1-14(2)18-16(19(23(3)4)24(5)22-18)13-20-12-11-17(25)21-15-9-7-6-8-10-15/h14-15,20H,6-13H2,1-5H3,(H,21,25). The van der Waals surface area contributed by atoms with Crippen molar-refractivity contribution in [2.75, 3.05) is 25.5 Å². The predicted molar refractivity (Wildman–Crippen MR) is 103 cm³/mol. The Morgan fingerprint density at radius 1 is 1.28 bits per heavy atom. The molecule has 0 bridgehead atoms. The molecule has 6 heteroatoms. The van der Waals surface area contributed by atoms with Gasteiger partial charge in [-0.25, -0.2) is 0 Å². The van der Waals surface area contributed by atoms with E-state index in [1.54, 1.807) is 0 Å². The number of rotatable bonds is 8.